The van der Waals surface area contributed by atoms with Crippen LogP contribution in [0.5, 0.6) is 0 Å². The highest BCUT2D eigenvalue weighted by Gasteiger charge is 2.03. The fraction of sp³-hybridized carbons (Fsp3) is 0.571. The summed E-state index contributed by atoms with van der Waals surface area (Å²) in [5.41, 5.74) is 2.57. The maximum Gasteiger partial charge on any atom is 0.0409 e. The van der Waals surface area contributed by atoms with Gasteiger partial charge in [0.05, 0.1) is 0 Å². The average molecular weight is 255 g/mol. The third kappa shape index (κ3) is 5.53. The molecular weight excluding hydrogens is 232 g/mol. The van der Waals surface area contributed by atoms with E-state index in [0.29, 0.717) is 6.04 Å². The monoisotopic (exact) mass is 254 g/mol. The standard InChI is InChI=1S/C14H23ClN2/c1-4-7-16-9-12(3)17-10-13-8-14(15)6-5-11(13)2/h5-6,8,12,16-17H,4,7,9-10H2,1-3H3. The molecule has 0 aliphatic rings. The van der Waals surface area contributed by atoms with Crippen molar-refractivity contribution in [3.05, 3.63) is 34.3 Å². The molecule has 0 aliphatic carbocycles. The molecule has 1 rings (SSSR count). The van der Waals surface area contributed by atoms with E-state index >= 15 is 0 Å². The number of rotatable bonds is 7. The van der Waals surface area contributed by atoms with Crippen LogP contribution in [0, 0.1) is 6.92 Å². The largest absolute Gasteiger partial charge is 0.315 e. The summed E-state index contributed by atoms with van der Waals surface area (Å²) in [6, 6.07) is 6.52. The highest BCUT2D eigenvalue weighted by Crippen LogP contribution is 2.15. The Morgan fingerprint density at radius 1 is 1.35 bits per heavy atom. The molecule has 0 spiro atoms. The summed E-state index contributed by atoms with van der Waals surface area (Å²) >= 11 is 5.99. The van der Waals surface area contributed by atoms with Crippen molar-refractivity contribution in [3.63, 3.8) is 0 Å². The molecule has 0 aromatic heterocycles. The maximum atomic E-state index is 5.99. The Balaban J connectivity index is 2.36. The molecule has 1 atom stereocenters. The molecule has 1 aromatic rings. The van der Waals surface area contributed by atoms with Crippen molar-refractivity contribution in [2.45, 2.75) is 39.8 Å². The zero-order valence-corrected chi connectivity index (χ0v) is 11.8. The van der Waals surface area contributed by atoms with Gasteiger partial charge in [0.15, 0.2) is 0 Å². The number of benzene rings is 1. The van der Waals surface area contributed by atoms with Crippen LogP contribution in [0.15, 0.2) is 18.2 Å². The second-order valence-electron chi connectivity index (χ2n) is 4.56. The number of nitrogens with one attached hydrogen (secondary N) is 2. The van der Waals surface area contributed by atoms with Crippen molar-refractivity contribution >= 4 is 11.6 Å². The van der Waals surface area contributed by atoms with Crippen LogP contribution < -0.4 is 10.6 Å². The SMILES string of the molecule is CCCNCC(C)NCc1cc(Cl)ccc1C. The Bertz CT molecular complexity index is 339. The van der Waals surface area contributed by atoms with Gasteiger partial charge in [0, 0.05) is 24.2 Å². The van der Waals surface area contributed by atoms with Gasteiger partial charge in [-0.1, -0.05) is 24.6 Å². The Labute approximate surface area is 110 Å². The molecule has 1 unspecified atom stereocenters. The minimum absolute atomic E-state index is 0.472. The van der Waals surface area contributed by atoms with Gasteiger partial charge < -0.3 is 10.6 Å². The van der Waals surface area contributed by atoms with Gasteiger partial charge in [0.25, 0.3) is 0 Å². The highest BCUT2D eigenvalue weighted by molar-refractivity contribution is 6.30. The van der Waals surface area contributed by atoms with E-state index in [4.69, 9.17) is 11.6 Å². The second-order valence-corrected chi connectivity index (χ2v) is 4.99. The fourth-order valence-corrected chi connectivity index (χ4v) is 1.88. The van der Waals surface area contributed by atoms with Gasteiger partial charge in [-0.3, -0.25) is 0 Å². The summed E-state index contributed by atoms with van der Waals surface area (Å²) in [5, 5.41) is 7.72. The number of hydrogen-bond acceptors (Lipinski definition) is 2. The summed E-state index contributed by atoms with van der Waals surface area (Å²) < 4.78 is 0. The van der Waals surface area contributed by atoms with Gasteiger partial charge in [-0.05, 0) is 50.1 Å². The van der Waals surface area contributed by atoms with Gasteiger partial charge in [-0.25, -0.2) is 0 Å². The first-order valence-corrected chi connectivity index (χ1v) is 6.70. The summed E-state index contributed by atoms with van der Waals surface area (Å²) in [6.45, 7) is 9.47. The molecule has 2 N–H and O–H groups in total. The van der Waals surface area contributed by atoms with Gasteiger partial charge in [-0.15, -0.1) is 0 Å². The zero-order valence-electron chi connectivity index (χ0n) is 11.0. The first kappa shape index (κ1) is 14.5. The summed E-state index contributed by atoms with van der Waals surface area (Å²) in [6.07, 6.45) is 1.18. The van der Waals surface area contributed by atoms with Crippen LogP contribution in [-0.2, 0) is 6.54 Å². The van der Waals surface area contributed by atoms with Crippen molar-refractivity contribution < 1.29 is 0 Å². The van der Waals surface area contributed by atoms with E-state index in [-0.39, 0.29) is 0 Å². The van der Waals surface area contributed by atoms with Crippen molar-refractivity contribution in [1.29, 1.82) is 0 Å². The highest BCUT2D eigenvalue weighted by atomic mass is 35.5. The van der Waals surface area contributed by atoms with Crippen LogP contribution in [0.4, 0.5) is 0 Å². The van der Waals surface area contributed by atoms with Gasteiger partial charge >= 0.3 is 0 Å². The Kier molecular flexibility index (Phi) is 6.56. The lowest BCUT2D eigenvalue weighted by atomic mass is 10.1. The predicted octanol–water partition coefficient (Wildman–Crippen LogP) is 3.13. The summed E-state index contributed by atoms with van der Waals surface area (Å²) in [5.74, 6) is 0. The molecule has 96 valence electrons. The molecule has 1 aromatic carbocycles. The number of aryl methyl sites for hydroxylation is 1. The van der Waals surface area contributed by atoms with E-state index in [1.807, 2.05) is 12.1 Å². The van der Waals surface area contributed by atoms with E-state index in [2.05, 4.69) is 37.5 Å². The Morgan fingerprint density at radius 3 is 2.82 bits per heavy atom. The number of hydrogen-bond donors (Lipinski definition) is 2. The van der Waals surface area contributed by atoms with E-state index < -0.39 is 0 Å². The molecule has 2 nitrogen and oxygen atoms in total. The smallest absolute Gasteiger partial charge is 0.0409 e. The second kappa shape index (κ2) is 7.70. The Hall–Kier alpha value is -0.570. The maximum absolute atomic E-state index is 5.99. The average Bonchev–Trinajstić information content (AvgIpc) is 2.31. The van der Waals surface area contributed by atoms with E-state index in [0.717, 1.165) is 24.7 Å². The lowest BCUT2D eigenvalue weighted by molar-refractivity contribution is 0.500. The molecule has 0 heterocycles. The molecular formula is C14H23ClN2. The van der Waals surface area contributed by atoms with E-state index in [1.54, 1.807) is 0 Å². The lowest BCUT2D eigenvalue weighted by Gasteiger charge is -2.15. The molecule has 0 aliphatic heterocycles. The molecule has 0 saturated heterocycles. The normalized spacial score (nSPS) is 12.7. The zero-order chi connectivity index (χ0) is 12.7. The van der Waals surface area contributed by atoms with Crippen LogP contribution in [-0.4, -0.2) is 19.1 Å². The van der Waals surface area contributed by atoms with Gasteiger partial charge in [0.1, 0.15) is 0 Å². The first-order chi connectivity index (χ1) is 8.13. The molecule has 3 heteroatoms. The molecule has 17 heavy (non-hydrogen) atoms. The number of halogens is 1. The molecule has 0 amide bonds. The van der Waals surface area contributed by atoms with Crippen LogP contribution in [0.1, 0.15) is 31.4 Å². The lowest BCUT2D eigenvalue weighted by Crippen LogP contribution is -2.36. The van der Waals surface area contributed by atoms with Crippen LogP contribution in [0.2, 0.25) is 5.02 Å². The minimum Gasteiger partial charge on any atom is -0.315 e. The first-order valence-electron chi connectivity index (χ1n) is 6.32. The molecule has 0 fully saturated rings. The van der Waals surface area contributed by atoms with Gasteiger partial charge in [-0.2, -0.15) is 0 Å². The summed E-state index contributed by atoms with van der Waals surface area (Å²) in [4.78, 5) is 0. The molecule has 0 bridgehead atoms. The van der Waals surface area contributed by atoms with E-state index in [9.17, 15) is 0 Å². The van der Waals surface area contributed by atoms with Crippen LogP contribution >= 0.6 is 11.6 Å². The van der Waals surface area contributed by atoms with Crippen LogP contribution in [0.3, 0.4) is 0 Å². The fourth-order valence-electron chi connectivity index (χ4n) is 1.68. The van der Waals surface area contributed by atoms with Crippen molar-refractivity contribution in [1.82, 2.24) is 10.6 Å². The van der Waals surface area contributed by atoms with E-state index in [1.165, 1.54) is 17.5 Å². The van der Waals surface area contributed by atoms with Crippen LogP contribution in [0.25, 0.3) is 0 Å². The predicted molar refractivity (Wildman–Crippen MR) is 75.7 cm³/mol. The third-order valence-corrected chi connectivity index (χ3v) is 3.06. The summed E-state index contributed by atoms with van der Waals surface area (Å²) in [7, 11) is 0. The van der Waals surface area contributed by atoms with Crippen molar-refractivity contribution in [3.8, 4) is 0 Å². The molecule has 0 radical (unpaired) electrons. The minimum atomic E-state index is 0.472. The Morgan fingerprint density at radius 2 is 2.12 bits per heavy atom. The van der Waals surface area contributed by atoms with Crippen molar-refractivity contribution in [2.75, 3.05) is 13.1 Å². The quantitative estimate of drug-likeness (QED) is 0.731. The van der Waals surface area contributed by atoms with Gasteiger partial charge in [0.2, 0.25) is 0 Å². The van der Waals surface area contributed by atoms with Crippen molar-refractivity contribution in [2.24, 2.45) is 0 Å². The molecule has 0 saturated carbocycles. The topological polar surface area (TPSA) is 24.1 Å². The third-order valence-electron chi connectivity index (χ3n) is 2.83.